The Balaban J connectivity index is 2.02. The number of hydrogen-bond acceptors (Lipinski definition) is 3. The van der Waals surface area contributed by atoms with Crippen LogP contribution in [0.15, 0.2) is 36.4 Å². The lowest BCUT2D eigenvalue weighted by Gasteiger charge is -2.10. The molecule has 0 aliphatic rings. The van der Waals surface area contributed by atoms with Gasteiger partial charge in [-0.2, -0.15) is 0 Å². The van der Waals surface area contributed by atoms with Gasteiger partial charge in [0.15, 0.2) is 18.2 Å². The van der Waals surface area contributed by atoms with Gasteiger partial charge < -0.3 is 15.8 Å². The van der Waals surface area contributed by atoms with Crippen molar-refractivity contribution in [3.8, 4) is 5.75 Å². The van der Waals surface area contributed by atoms with Crippen molar-refractivity contribution in [3.63, 3.8) is 0 Å². The van der Waals surface area contributed by atoms with E-state index < -0.39 is 30.1 Å². The summed E-state index contributed by atoms with van der Waals surface area (Å²) in [6.45, 7) is -0.457. The second-order valence-corrected chi connectivity index (χ2v) is 4.91. The number of ether oxygens (including phenoxy) is 1. The van der Waals surface area contributed by atoms with Crippen LogP contribution in [0.25, 0.3) is 0 Å². The summed E-state index contributed by atoms with van der Waals surface area (Å²) in [4.78, 5) is 23.0. The van der Waals surface area contributed by atoms with Crippen LogP contribution in [0.1, 0.15) is 10.4 Å². The smallest absolute Gasteiger partial charge is 0.262 e. The van der Waals surface area contributed by atoms with E-state index in [0.29, 0.717) is 0 Å². The van der Waals surface area contributed by atoms with E-state index in [4.69, 9.17) is 22.1 Å². The third kappa shape index (κ3) is 4.40. The average Bonchev–Trinajstić information content (AvgIpc) is 2.49. The first kappa shape index (κ1) is 16.7. The minimum atomic E-state index is -1.09. The average molecular weight is 341 g/mol. The van der Waals surface area contributed by atoms with Gasteiger partial charge in [0.25, 0.3) is 11.8 Å². The lowest BCUT2D eigenvalue weighted by Crippen LogP contribution is -2.21. The molecule has 0 heterocycles. The molecular formula is C15H11ClF2N2O3. The molecule has 0 spiro atoms. The van der Waals surface area contributed by atoms with Gasteiger partial charge in [-0.1, -0.05) is 11.6 Å². The molecule has 0 unspecified atom stereocenters. The number of amides is 2. The Labute approximate surface area is 135 Å². The zero-order chi connectivity index (χ0) is 17.0. The van der Waals surface area contributed by atoms with Gasteiger partial charge in [-0.3, -0.25) is 9.59 Å². The summed E-state index contributed by atoms with van der Waals surface area (Å²) in [5.74, 6) is -3.41. The van der Waals surface area contributed by atoms with E-state index in [1.807, 2.05) is 0 Å². The number of benzene rings is 2. The van der Waals surface area contributed by atoms with Crippen molar-refractivity contribution in [2.24, 2.45) is 5.73 Å². The molecule has 0 aromatic heterocycles. The summed E-state index contributed by atoms with van der Waals surface area (Å²) in [5.41, 5.74) is 5.29. The standard InChI is InChI=1S/C15H11ClF2N2O3/c16-8-1-4-13(10(5-8)15(19)22)23-7-14(21)20-9-2-3-11(17)12(18)6-9/h1-6H,7H2,(H2,19,22)(H,20,21). The Hall–Kier alpha value is -2.67. The highest BCUT2D eigenvalue weighted by molar-refractivity contribution is 6.31. The predicted octanol–water partition coefficient (Wildman–Crippen LogP) is 2.73. The normalized spacial score (nSPS) is 10.2. The SMILES string of the molecule is NC(=O)c1cc(Cl)ccc1OCC(=O)Nc1ccc(F)c(F)c1. The Morgan fingerprint density at radius 2 is 1.87 bits per heavy atom. The van der Waals surface area contributed by atoms with E-state index >= 15 is 0 Å². The first-order valence-electron chi connectivity index (χ1n) is 6.34. The summed E-state index contributed by atoms with van der Waals surface area (Å²) in [5, 5.41) is 2.62. The number of rotatable bonds is 5. The van der Waals surface area contributed by atoms with Gasteiger partial charge >= 0.3 is 0 Å². The summed E-state index contributed by atoms with van der Waals surface area (Å²) < 4.78 is 31.0. The van der Waals surface area contributed by atoms with Gasteiger partial charge in [0, 0.05) is 16.8 Å². The lowest BCUT2D eigenvalue weighted by atomic mass is 10.2. The van der Waals surface area contributed by atoms with Crippen LogP contribution in [-0.2, 0) is 4.79 Å². The zero-order valence-corrected chi connectivity index (χ0v) is 12.4. The van der Waals surface area contributed by atoms with Crippen LogP contribution in [0.3, 0.4) is 0 Å². The molecule has 0 radical (unpaired) electrons. The summed E-state index contributed by atoms with van der Waals surface area (Å²) in [6.07, 6.45) is 0. The predicted molar refractivity (Wildman–Crippen MR) is 80.5 cm³/mol. The fraction of sp³-hybridized carbons (Fsp3) is 0.0667. The maximum Gasteiger partial charge on any atom is 0.262 e. The number of nitrogens with two attached hydrogens (primary N) is 1. The lowest BCUT2D eigenvalue weighted by molar-refractivity contribution is -0.118. The molecule has 0 aliphatic carbocycles. The largest absolute Gasteiger partial charge is 0.483 e. The number of halogens is 3. The van der Waals surface area contributed by atoms with Crippen LogP contribution in [0, 0.1) is 11.6 Å². The van der Waals surface area contributed by atoms with Crippen LogP contribution in [0.2, 0.25) is 5.02 Å². The highest BCUT2D eigenvalue weighted by atomic mass is 35.5. The molecule has 2 amide bonds. The van der Waals surface area contributed by atoms with E-state index in [-0.39, 0.29) is 22.0 Å². The molecule has 23 heavy (non-hydrogen) atoms. The van der Waals surface area contributed by atoms with Gasteiger partial charge in [0.1, 0.15) is 5.75 Å². The van der Waals surface area contributed by atoms with Crippen molar-refractivity contribution in [1.29, 1.82) is 0 Å². The fourth-order valence-corrected chi connectivity index (χ4v) is 1.91. The van der Waals surface area contributed by atoms with E-state index in [0.717, 1.165) is 12.1 Å². The minimum absolute atomic E-state index is 0.0260. The van der Waals surface area contributed by atoms with Gasteiger partial charge in [0.05, 0.1) is 5.56 Å². The van der Waals surface area contributed by atoms with E-state index in [9.17, 15) is 18.4 Å². The molecule has 2 aromatic carbocycles. The van der Waals surface area contributed by atoms with E-state index in [1.165, 1.54) is 24.3 Å². The van der Waals surface area contributed by atoms with Gasteiger partial charge in [-0.05, 0) is 30.3 Å². The third-order valence-corrected chi connectivity index (χ3v) is 3.00. The molecule has 8 heteroatoms. The van der Waals surface area contributed by atoms with Crippen molar-refractivity contribution in [1.82, 2.24) is 0 Å². The van der Waals surface area contributed by atoms with E-state index in [2.05, 4.69) is 5.32 Å². The van der Waals surface area contributed by atoms with Gasteiger partial charge in [-0.15, -0.1) is 0 Å². The highest BCUT2D eigenvalue weighted by Crippen LogP contribution is 2.22. The van der Waals surface area contributed by atoms with Gasteiger partial charge in [-0.25, -0.2) is 8.78 Å². The van der Waals surface area contributed by atoms with Crippen molar-refractivity contribution in [3.05, 3.63) is 58.6 Å². The highest BCUT2D eigenvalue weighted by Gasteiger charge is 2.12. The first-order chi connectivity index (χ1) is 10.9. The zero-order valence-electron chi connectivity index (χ0n) is 11.6. The minimum Gasteiger partial charge on any atom is -0.483 e. The molecule has 2 aromatic rings. The van der Waals surface area contributed by atoms with Crippen molar-refractivity contribution in [2.45, 2.75) is 0 Å². The maximum atomic E-state index is 13.0. The summed E-state index contributed by atoms with van der Waals surface area (Å²) in [6, 6.07) is 7.10. The van der Waals surface area contributed by atoms with Crippen LogP contribution in [0.4, 0.5) is 14.5 Å². The first-order valence-corrected chi connectivity index (χ1v) is 6.71. The Morgan fingerprint density at radius 3 is 2.52 bits per heavy atom. The molecule has 0 aliphatic heterocycles. The Morgan fingerprint density at radius 1 is 1.13 bits per heavy atom. The molecular weight excluding hydrogens is 330 g/mol. The molecule has 0 saturated carbocycles. The number of nitrogens with one attached hydrogen (secondary N) is 1. The van der Waals surface area contributed by atoms with Crippen LogP contribution >= 0.6 is 11.6 Å². The fourth-order valence-electron chi connectivity index (χ4n) is 1.73. The molecule has 0 fully saturated rings. The molecule has 0 bridgehead atoms. The Kier molecular flexibility index (Phi) is 5.13. The van der Waals surface area contributed by atoms with Crippen molar-refractivity contribution in [2.75, 3.05) is 11.9 Å². The summed E-state index contributed by atoms with van der Waals surface area (Å²) >= 11 is 5.75. The molecule has 5 nitrogen and oxygen atoms in total. The van der Waals surface area contributed by atoms with Crippen LogP contribution in [0.5, 0.6) is 5.75 Å². The van der Waals surface area contributed by atoms with Gasteiger partial charge in [0.2, 0.25) is 0 Å². The second kappa shape index (κ2) is 7.06. The topological polar surface area (TPSA) is 81.4 Å². The van der Waals surface area contributed by atoms with E-state index in [1.54, 1.807) is 0 Å². The molecule has 0 saturated heterocycles. The van der Waals surface area contributed by atoms with Crippen molar-refractivity contribution >= 4 is 29.1 Å². The molecule has 3 N–H and O–H groups in total. The monoisotopic (exact) mass is 340 g/mol. The molecule has 120 valence electrons. The number of hydrogen-bond donors (Lipinski definition) is 2. The quantitative estimate of drug-likeness (QED) is 0.878. The maximum absolute atomic E-state index is 13.0. The number of carbonyl (C=O) groups excluding carboxylic acids is 2. The summed E-state index contributed by atoms with van der Waals surface area (Å²) in [7, 11) is 0. The molecule has 2 rings (SSSR count). The molecule has 0 atom stereocenters. The third-order valence-electron chi connectivity index (χ3n) is 2.77. The number of anilines is 1. The number of carbonyl (C=O) groups is 2. The number of primary amides is 1. The Bertz CT molecular complexity index is 768. The van der Waals surface area contributed by atoms with Crippen molar-refractivity contribution < 1.29 is 23.1 Å². The van der Waals surface area contributed by atoms with Crippen LogP contribution < -0.4 is 15.8 Å². The van der Waals surface area contributed by atoms with Crippen LogP contribution in [-0.4, -0.2) is 18.4 Å². The second-order valence-electron chi connectivity index (χ2n) is 4.47.